The Kier molecular flexibility index (Phi) is 17.4. The Balaban J connectivity index is 6.61. The number of carbonyl (C=O) groups is 5. The lowest BCUT2D eigenvalue weighted by Crippen LogP contribution is -2.63. The van der Waals surface area contributed by atoms with Gasteiger partial charge in [-0.15, -0.1) is 0 Å². The number of hydrogen-bond donors (Lipinski definition) is 2. The molecule has 248 valence electrons. The van der Waals surface area contributed by atoms with Gasteiger partial charge in [0.25, 0.3) is 0 Å². The first kappa shape index (κ1) is 40.1. The van der Waals surface area contributed by atoms with Gasteiger partial charge in [-0.2, -0.15) is 0 Å². The van der Waals surface area contributed by atoms with Crippen molar-refractivity contribution in [2.24, 2.45) is 17.8 Å². The highest BCUT2D eigenvalue weighted by Gasteiger charge is 2.43. The molecule has 0 aromatic carbocycles. The first-order valence-electron chi connectivity index (χ1n) is 15.5. The van der Waals surface area contributed by atoms with Crippen molar-refractivity contribution in [2.75, 3.05) is 34.7 Å². The zero-order valence-corrected chi connectivity index (χ0v) is 28.9. The summed E-state index contributed by atoms with van der Waals surface area (Å²) in [6, 6.07) is -3.89. The van der Waals surface area contributed by atoms with Crippen molar-refractivity contribution >= 4 is 29.5 Å². The van der Waals surface area contributed by atoms with E-state index in [0.717, 1.165) is 0 Å². The van der Waals surface area contributed by atoms with Gasteiger partial charge >= 0.3 is 0 Å². The SMILES string of the molecule is C/C=C/C[C@@H](C)[C@@H](O)[C@@H](C(=O)NC(CC)C(=O)N(C)CC)N(C)C(=O)[C@H](C(C)C)N(C)C(=O)[C@H](CC(C)C)N(C)C(C)=O. The molecule has 11 nitrogen and oxygen atoms in total. The van der Waals surface area contributed by atoms with Gasteiger partial charge in [0.15, 0.2) is 0 Å². The first-order valence-corrected chi connectivity index (χ1v) is 15.5. The van der Waals surface area contributed by atoms with Crippen LogP contribution in [-0.2, 0) is 24.0 Å². The standard InChI is InChI=1S/C32H59N5O6/c1-14-17-18-22(8)28(39)27(29(40)33-24(15-2)30(41)34(10)16-3)37(13)32(43)26(21(6)7)36(12)31(42)25(19-20(4)5)35(11)23(9)38/h14,17,20-22,24-28,39H,15-16,18-19H2,1-13H3,(H,33,40)/b17-14+/t22-,24?,25+,26+,27+,28-/m1/s1. The Morgan fingerprint density at radius 3 is 1.77 bits per heavy atom. The molecule has 6 atom stereocenters. The van der Waals surface area contributed by atoms with Gasteiger partial charge in [-0.05, 0) is 50.9 Å². The topological polar surface area (TPSA) is 131 Å². The van der Waals surface area contributed by atoms with Crippen LogP contribution in [0.4, 0.5) is 0 Å². The van der Waals surface area contributed by atoms with Crippen LogP contribution in [0, 0.1) is 17.8 Å². The van der Waals surface area contributed by atoms with Crippen molar-refractivity contribution in [2.45, 2.75) is 112 Å². The van der Waals surface area contributed by atoms with Gasteiger partial charge < -0.3 is 30.0 Å². The van der Waals surface area contributed by atoms with Gasteiger partial charge in [0.05, 0.1) is 6.10 Å². The molecule has 1 unspecified atom stereocenters. The second kappa shape index (κ2) is 18.7. The third kappa shape index (κ3) is 11.2. The predicted octanol–water partition coefficient (Wildman–Crippen LogP) is 2.53. The average Bonchev–Trinajstić information content (AvgIpc) is 2.95. The number of rotatable bonds is 17. The molecule has 5 amide bonds. The summed E-state index contributed by atoms with van der Waals surface area (Å²) in [4.78, 5) is 72.4. The van der Waals surface area contributed by atoms with Gasteiger partial charge in [0.2, 0.25) is 29.5 Å². The second-order valence-corrected chi connectivity index (χ2v) is 12.4. The molecule has 0 fully saturated rings. The predicted molar refractivity (Wildman–Crippen MR) is 170 cm³/mol. The van der Waals surface area contributed by atoms with Crippen molar-refractivity contribution < 1.29 is 29.1 Å². The lowest BCUT2D eigenvalue weighted by atomic mass is 9.91. The van der Waals surface area contributed by atoms with Crippen molar-refractivity contribution in [3.8, 4) is 0 Å². The van der Waals surface area contributed by atoms with E-state index in [4.69, 9.17) is 0 Å². The van der Waals surface area contributed by atoms with E-state index < -0.39 is 48.0 Å². The smallest absolute Gasteiger partial charge is 0.246 e. The fraction of sp³-hybridized carbons (Fsp3) is 0.781. The van der Waals surface area contributed by atoms with Gasteiger partial charge in [0.1, 0.15) is 24.2 Å². The second-order valence-electron chi connectivity index (χ2n) is 12.4. The van der Waals surface area contributed by atoms with E-state index in [2.05, 4.69) is 5.32 Å². The van der Waals surface area contributed by atoms with Crippen LogP contribution in [0.15, 0.2) is 12.2 Å². The van der Waals surface area contributed by atoms with Crippen molar-refractivity contribution in [3.63, 3.8) is 0 Å². The summed E-state index contributed by atoms with van der Waals surface area (Å²) in [7, 11) is 6.20. The van der Waals surface area contributed by atoms with Crippen LogP contribution in [0.5, 0.6) is 0 Å². The minimum absolute atomic E-state index is 0.114. The number of hydrogen-bond acceptors (Lipinski definition) is 6. The third-order valence-electron chi connectivity index (χ3n) is 8.15. The lowest BCUT2D eigenvalue weighted by Gasteiger charge is -2.40. The van der Waals surface area contributed by atoms with Crippen molar-refractivity contribution in [1.82, 2.24) is 24.9 Å². The van der Waals surface area contributed by atoms with Gasteiger partial charge in [-0.3, -0.25) is 24.0 Å². The maximum absolute atomic E-state index is 14.2. The number of likely N-dealkylation sites (N-methyl/N-ethyl adjacent to an activating group) is 4. The molecule has 0 aliphatic rings. The summed E-state index contributed by atoms with van der Waals surface area (Å²) in [6.07, 6.45) is 3.69. The molecule has 0 bridgehead atoms. The van der Waals surface area contributed by atoms with E-state index in [1.54, 1.807) is 41.8 Å². The van der Waals surface area contributed by atoms with Crippen LogP contribution in [0.2, 0.25) is 0 Å². The maximum Gasteiger partial charge on any atom is 0.246 e. The van der Waals surface area contributed by atoms with Gasteiger partial charge in [0, 0.05) is 41.7 Å². The molecule has 0 aromatic heterocycles. The number of nitrogens with one attached hydrogen (secondary N) is 1. The number of carbonyl (C=O) groups excluding carboxylic acids is 5. The number of amides is 5. The van der Waals surface area contributed by atoms with Gasteiger partial charge in [-0.25, -0.2) is 0 Å². The van der Waals surface area contributed by atoms with E-state index in [1.165, 1.54) is 40.6 Å². The summed E-state index contributed by atoms with van der Waals surface area (Å²) in [5, 5.41) is 14.2. The fourth-order valence-corrected chi connectivity index (χ4v) is 5.09. The summed E-state index contributed by atoms with van der Waals surface area (Å²) in [5.41, 5.74) is 0. The van der Waals surface area contributed by atoms with Crippen LogP contribution < -0.4 is 5.32 Å². The zero-order chi connectivity index (χ0) is 33.8. The van der Waals surface area contributed by atoms with E-state index in [-0.39, 0.29) is 29.6 Å². The quantitative estimate of drug-likeness (QED) is 0.244. The Morgan fingerprint density at radius 2 is 1.35 bits per heavy atom. The van der Waals surface area contributed by atoms with E-state index in [0.29, 0.717) is 25.8 Å². The molecule has 0 aromatic rings. The van der Waals surface area contributed by atoms with Crippen LogP contribution >= 0.6 is 0 Å². The first-order chi connectivity index (χ1) is 19.9. The third-order valence-corrected chi connectivity index (χ3v) is 8.15. The molecular weight excluding hydrogens is 550 g/mol. The minimum atomic E-state index is -1.32. The molecule has 43 heavy (non-hydrogen) atoms. The molecular formula is C32H59N5O6. The van der Waals surface area contributed by atoms with Crippen LogP contribution in [-0.4, -0.2) is 119 Å². The highest BCUT2D eigenvalue weighted by atomic mass is 16.3. The Hall–Kier alpha value is -2.95. The summed E-state index contributed by atoms with van der Waals surface area (Å²) in [5.74, 6) is -2.71. The fourth-order valence-electron chi connectivity index (χ4n) is 5.09. The Bertz CT molecular complexity index is 968. The maximum atomic E-state index is 14.2. The molecule has 0 rings (SSSR count). The zero-order valence-electron chi connectivity index (χ0n) is 28.9. The minimum Gasteiger partial charge on any atom is -0.390 e. The molecule has 11 heteroatoms. The number of aliphatic hydroxyl groups is 1. The molecule has 0 spiro atoms. The van der Waals surface area contributed by atoms with E-state index in [1.807, 2.05) is 39.8 Å². The van der Waals surface area contributed by atoms with Crippen molar-refractivity contribution in [3.05, 3.63) is 12.2 Å². The summed E-state index contributed by atoms with van der Waals surface area (Å²) in [6.45, 7) is 16.6. The number of aliphatic hydroxyl groups excluding tert-OH is 1. The molecule has 0 aliphatic carbocycles. The number of nitrogens with zero attached hydrogens (tertiary/aromatic N) is 4. The van der Waals surface area contributed by atoms with Crippen LogP contribution in [0.3, 0.4) is 0 Å². The van der Waals surface area contributed by atoms with Gasteiger partial charge in [-0.1, -0.05) is 53.7 Å². The van der Waals surface area contributed by atoms with E-state index >= 15 is 0 Å². The van der Waals surface area contributed by atoms with Crippen LogP contribution in [0.1, 0.15) is 81.6 Å². The molecule has 2 N–H and O–H groups in total. The van der Waals surface area contributed by atoms with Crippen LogP contribution in [0.25, 0.3) is 0 Å². The highest BCUT2D eigenvalue weighted by Crippen LogP contribution is 2.23. The molecule has 0 heterocycles. The highest BCUT2D eigenvalue weighted by molar-refractivity contribution is 5.95. The lowest BCUT2D eigenvalue weighted by molar-refractivity contribution is -0.156. The summed E-state index contributed by atoms with van der Waals surface area (Å²) >= 11 is 0. The molecule has 0 aliphatic heterocycles. The molecule has 0 saturated heterocycles. The monoisotopic (exact) mass is 609 g/mol. The molecule has 0 saturated carbocycles. The Labute approximate surface area is 260 Å². The average molecular weight is 610 g/mol. The van der Waals surface area contributed by atoms with Crippen molar-refractivity contribution in [1.29, 1.82) is 0 Å². The normalized spacial score (nSPS) is 15.8. The number of allylic oxidation sites excluding steroid dienone is 2. The Morgan fingerprint density at radius 1 is 0.814 bits per heavy atom. The molecule has 0 radical (unpaired) electrons. The largest absolute Gasteiger partial charge is 0.390 e. The summed E-state index contributed by atoms with van der Waals surface area (Å²) < 4.78 is 0. The van der Waals surface area contributed by atoms with E-state index in [9.17, 15) is 29.1 Å².